The van der Waals surface area contributed by atoms with Crippen molar-refractivity contribution in [3.63, 3.8) is 0 Å². The molecule has 2 heterocycles. The van der Waals surface area contributed by atoms with Crippen LogP contribution in [0.2, 0.25) is 0 Å². The molecule has 2 aromatic carbocycles. The maximum Gasteiger partial charge on any atom is 0.433 e. The van der Waals surface area contributed by atoms with Gasteiger partial charge in [0.15, 0.2) is 0 Å². The summed E-state index contributed by atoms with van der Waals surface area (Å²) in [5.41, 5.74) is -0.557. The molecule has 1 saturated carbocycles. The number of piperidine rings is 1. The summed E-state index contributed by atoms with van der Waals surface area (Å²) in [6, 6.07) is 16.2. The molecule has 1 aromatic heterocycles. The van der Waals surface area contributed by atoms with Gasteiger partial charge >= 0.3 is 12.4 Å². The van der Waals surface area contributed by atoms with E-state index < -0.39 is 41.4 Å². The van der Waals surface area contributed by atoms with Crippen LogP contribution in [0.25, 0.3) is 11.1 Å². The molecule has 1 saturated heterocycles. The SMILES string of the molecule is CN(C(=O)[C@@H]1[C@H]2CC[C@H](C2)N1c1cc(C(F)(F)F)cc(C(F)(F)F)n1)c1ccc(-c2ccccc2)cc1. The van der Waals surface area contributed by atoms with Gasteiger partial charge in [0.2, 0.25) is 5.91 Å². The van der Waals surface area contributed by atoms with Crippen molar-refractivity contribution in [2.24, 2.45) is 5.92 Å². The second-order valence-corrected chi connectivity index (χ2v) is 9.48. The molecule has 2 aliphatic rings. The largest absolute Gasteiger partial charge is 0.433 e. The number of alkyl halides is 6. The molecule has 4 nitrogen and oxygen atoms in total. The summed E-state index contributed by atoms with van der Waals surface area (Å²) >= 11 is 0. The number of rotatable bonds is 4. The summed E-state index contributed by atoms with van der Waals surface area (Å²) in [6.07, 6.45) is -8.30. The number of halogens is 6. The summed E-state index contributed by atoms with van der Waals surface area (Å²) in [6.45, 7) is 0. The molecule has 194 valence electrons. The van der Waals surface area contributed by atoms with E-state index in [0.717, 1.165) is 11.1 Å². The summed E-state index contributed by atoms with van der Waals surface area (Å²) in [4.78, 5) is 20.0. The summed E-state index contributed by atoms with van der Waals surface area (Å²) < 4.78 is 80.8. The minimum atomic E-state index is -5.06. The van der Waals surface area contributed by atoms with Crippen molar-refractivity contribution in [1.82, 2.24) is 4.98 Å². The second kappa shape index (κ2) is 9.08. The van der Waals surface area contributed by atoms with Crippen LogP contribution < -0.4 is 9.80 Å². The number of fused-ring (bicyclic) bond motifs is 2. The molecule has 1 amide bonds. The fraction of sp³-hybridized carbons (Fsp3) is 0.333. The lowest BCUT2D eigenvalue weighted by Crippen LogP contribution is -2.51. The quantitative estimate of drug-likeness (QED) is 0.356. The van der Waals surface area contributed by atoms with Crippen molar-refractivity contribution in [2.75, 3.05) is 16.8 Å². The van der Waals surface area contributed by atoms with E-state index in [1.165, 1.54) is 9.80 Å². The average molecular weight is 519 g/mol. The number of anilines is 2. The molecule has 1 aliphatic heterocycles. The first kappa shape index (κ1) is 25.1. The van der Waals surface area contributed by atoms with Crippen LogP contribution in [0.1, 0.15) is 30.5 Å². The van der Waals surface area contributed by atoms with Crippen LogP contribution in [0.4, 0.5) is 37.8 Å². The monoisotopic (exact) mass is 519 g/mol. The van der Waals surface area contributed by atoms with Crippen molar-refractivity contribution in [3.05, 3.63) is 78.0 Å². The maximum atomic E-state index is 13.6. The van der Waals surface area contributed by atoms with Gasteiger partial charge in [0.25, 0.3) is 0 Å². The van der Waals surface area contributed by atoms with Crippen molar-refractivity contribution in [2.45, 2.75) is 43.7 Å². The van der Waals surface area contributed by atoms with E-state index in [4.69, 9.17) is 0 Å². The van der Waals surface area contributed by atoms with Crippen LogP contribution in [-0.2, 0) is 17.1 Å². The van der Waals surface area contributed by atoms with Gasteiger partial charge in [-0.05, 0) is 60.6 Å². The first-order valence-electron chi connectivity index (χ1n) is 11.8. The van der Waals surface area contributed by atoms with Crippen LogP contribution in [0.3, 0.4) is 0 Å². The Morgan fingerprint density at radius 3 is 2.16 bits per heavy atom. The number of nitrogens with zero attached hydrogens (tertiary/aromatic N) is 3. The molecule has 0 unspecified atom stereocenters. The first-order chi connectivity index (χ1) is 17.4. The lowest BCUT2D eigenvalue weighted by molar-refractivity contribution is -0.145. The van der Waals surface area contributed by atoms with E-state index in [9.17, 15) is 31.1 Å². The number of benzene rings is 2. The van der Waals surface area contributed by atoms with Gasteiger partial charge in [-0.2, -0.15) is 26.3 Å². The Labute approximate surface area is 209 Å². The maximum absolute atomic E-state index is 13.6. The molecule has 0 spiro atoms. The zero-order valence-corrected chi connectivity index (χ0v) is 19.7. The number of amides is 1. The van der Waals surface area contributed by atoms with Gasteiger partial charge in [0.05, 0.1) is 5.56 Å². The fourth-order valence-corrected chi connectivity index (χ4v) is 5.43. The normalized spacial score (nSPS) is 21.4. The number of carbonyl (C=O) groups excluding carboxylic acids is 1. The summed E-state index contributed by atoms with van der Waals surface area (Å²) in [7, 11) is 1.56. The third-order valence-electron chi connectivity index (χ3n) is 7.22. The van der Waals surface area contributed by atoms with Crippen LogP contribution in [0.5, 0.6) is 0 Å². The number of pyridine rings is 1. The fourth-order valence-electron chi connectivity index (χ4n) is 5.43. The van der Waals surface area contributed by atoms with Crippen LogP contribution in [-0.4, -0.2) is 30.0 Å². The lowest BCUT2D eigenvalue weighted by atomic mass is 9.96. The Bertz CT molecular complexity index is 1260. The third-order valence-corrected chi connectivity index (χ3v) is 7.22. The van der Waals surface area contributed by atoms with Gasteiger partial charge in [-0.25, -0.2) is 4.98 Å². The van der Waals surface area contributed by atoms with Gasteiger partial charge < -0.3 is 9.80 Å². The molecule has 3 atom stereocenters. The smallest absolute Gasteiger partial charge is 0.341 e. The summed E-state index contributed by atoms with van der Waals surface area (Å²) in [5, 5.41) is 0. The molecule has 2 bridgehead atoms. The highest BCUT2D eigenvalue weighted by Gasteiger charge is 2.51. The van der Waals surface area contributed by atoms with Gasteiger partial charge in [0.1, 0.15) is 17.6 Å². The van der Waals surface area contributed by atoms with Crippen LogP contribution >= 0.6 is 0 Å². The Balaban J connectivity index is 1.47. The van der Waals surface area contributed by atoms with Gasteiger partial charge in [-0.15, -0.1) is 0 Å². The molecular weight excluding hydrogens is 496 g/mol. The number of hydrogen-bond acceptors (Lipinski definition) is 3. The Morgan fingerprint density at radius 2 is 1.54 bits per heavy atom. The van der Waals surface area contributed by atoms with Crippen LogP contribution in [0.15, 0.2) is 66.7 Å². The standard InChI is InChI=1S/C27H23F6N3O/c1-35(20-10-7-17(8-11-20)16-5-3-2-4-6-16)25(37)24-18-9-12-21(13-18)36(24)23-15-19(26(28,29)30)14-22(34-23)27(31,32)33/h2-8,10-11,14-15,18,21,24H,9,12-13H2,1H3/t18-,21+,24-/m0/s1. The van der Waals surface area contributed by atoms with Gasteiger partial charge in [-0.3, -0.25) is 4.79 Å². The molecule has 37 heavy (non-hydrogen) atoms. The molecule has 10 heteroatoms. The van der Waals surface area contributed by atoms with Gasteiger partial charge in [0, 0.05) is 18.8 Å². The zero-order valence-electron chi connectivity index (χ0n) is 19.7. The number of hydrogen-bond donors (Lipinski definition) is 0. The van der Waals surface area contributed by atoms with E-state index in [0.29, 0.717) is 31.0 Å². The molecule has 0 N–H and O–H groups in total. The molecule has 3 aromatic rings. The average Bonchev–Trinajstić information content (AvgIpc) is 3.49. The highest BCUT2D eigenvalue weighted by Crippen LogP contribution is 2.47. The topological polar surface area (TPSA) is 36.4 Å². The Hall–Kier alpha value is -3.56. The first-order valence-corrected chi connectivity index (χ1v) is 11.8. The van der Waals surface area contributed by atoms with Crippen molar-refractivity contribution in [3.8, 4) is 11.1 Å². The van der Waals surface area contributed by atoms with E-state index in [1.54, 1.807) is 19.2 Å². The van der Waals surface area contributed by atoms with Crippen molar-refractivity contribution < 1.29 is 31.1 Å². The molecule has 0 radical (unpaired) electrons. The Kier molecular flexibility index (Phi) is 6.16. The molecule has 5 rings (SSSR count). The van der Waals surface area contributed by atoms with Crippen molar-refractivity contribution >= 4 is 17.4 Å². The van der Waals surface area contributed by atoms with Crippen LogP contribution in [0, 0.1) is 5.92 Å². The zero-order chi connectivity index (χ0) is 26.5. The minimum Gasteiger partial charge on any atom is -0.341 e. The van der Waals surface area contributed by atoms with E-state index in [-0.39, 0.29) is 18.0 Å². The predicted molar refractivity (Wildman–Crippen MR) is 127 cm³/mol. The molecule has 2 fully saturated rings. The van der Waals surface area contributed by atoms with E-state index in [1.807, 2.05) is 42.5 Å². The predicted octanol–water partition coefficient (Wildman–Crippen LogP) is 6.81. The second-order valence-electron chi connectivity index (χ2n) is 9.48. The van der Waals surface area contributed by atoms with Gasteiger partial charge in [-0.1, -0.05) is 42.5 Å². The van der Waals surface area contributed by atoms with E-state index >= 15 is 0 Å². The van der Waals surface area contributed by atoms with E-state index in [2.05, 4.69) is 4.98 Å². The lowest BCUT2D eigenvalue weighted by Gasteiger charge is -2.37. The third kappa shape index (κ3) is 4.76. The Morgan fingerprint density at radius 1 is 0.892 bits per heavy atom. The number of carbonyl (C=O) groups is 1. The number of likely N-dealkylation sites (N-methyl/N-ethyl adjacent to an activating group) is 1. The highest BCUT2D eigenvalue weighted by molar-refractivity contribution is 5.99. The number of aromatic nitrogens is 1. The summed E-state index contributed by atoms with van der Waals surface area (Å²) in [5.74, 6) is -1.05. The molecular formula is C27H23F6N3O. The highest BCUT2D eigenvalue weighted by atomic mass is 19.4. The van der Waals surface area contributed by atoms with Crippen molar-refractivity contribution in [1.29, 1.82) is 0 Å². The minimum absolute atomic E-state index is 0.00900. The molecule has 1 aliphatic carbocycles.